The van der Waals surface area contributed by atoms with Gasteiger partial charge in [-0.05, 0) is 50.9 Å². The maximum Gasteiger partial charge on any atom is 0.142 e. The standard InChI is InChI=1S/C17H28N2O2/c1-4-10-19-11-5-6-14(9-12-19)18-16-13-15(20-2)7-8-17(16)21-3/h7-8,13-14,18H,4-6,9-12H2,1-3H3. The van der Waals surface area contributed by atoms with Crippen LogP contribution in [0.25, 0.3) is 0 Å². The van der Waals surface area contributed by atoms with Crippen molar-refractivity contribution in [2.45, 2.75) is 38.6 Å². The number of hydrogen-bond donors (Lipinski definition) is 1. The third-order valence-electron chi connectivity index (χ3n) is 4.13. The highest BCUT2D eigenvalue weighted by molar-refractivity contribution is 5.60. The SMILES string of the molecule is CCCN1CCCC(Nc2cc(OC)ccc2OC)CC1. The van der Waals surface area contributed by atoms with Crippen LogP contribution in [0.1, 0.15) is 32.6 Å². The Morgan fingerprint density at radius 1 is 1.19 bits per heavy atom. The molecule has 0 saturated carbocycles. The van der Waals surface area contributed by atoms with Crippen molar-refractivity contribution in [2.75, 3.05) is 39.2 Å². The van der Waals surface area contributed by atoms with Gasteiger partial charge in [0.05, 0.1) is 19.9 Å². The zero-order valence-corrected chi connectivity index (χ0v) is 13.5. The van der Waals surface area contributed by atoms with Gasteiger partial charge in [-0.1, -0.05) is 6.92 Å². The Bertz CT molecular complexity index is 437. The van der Waals surface area contributed by atoms with E-state index in [9.17, 15) is 0 Å². The van der Waals surface area contributed by atoms with Crippen LogP contribution in [0, 0.1) is 0 Å². The summed E-state index contributed by atoms with van der Waals surface area (Å²) in [6.45, 7) is 5.87. The van der Waals surface area contributed by atoms with Crippen LogP contribution in [0.4, 0.5) is 5.69 Å². The van der Waals surface area contributed by atoms with Crippen molar-refractivity contribution in [1.82, 2.24) is 4.90 Å². The second kappa shape index (κ2) is 8.13. The maximum absolute atomic E-state index is 5.45. The minimum absolute atomic E-state index is 0.507. The van der Waals surface area contributed by atoms with Crippen LogP contribution in [0.3, 0.4) is 0 Å². The van der Waals surface area contributed by atoms with Crippen LogP contribution in [0.5, 0.6) is 11.5 Å². The predicted molar refractivity (Wildman–Crippen MR) is 87.5 cm³/mol. The Hall–Kier alpha value is -1.42. The lowest BCUT2D eigenvalue weighted by atomic mass is 10.1. The predicted octanol–water partition coefficient (Wildman–Crippen LogP) is 3.38. The number of anilines is 1. The highest BCUT2D eigenvalue weighted by Gasteiger charge is 2.17. The van der Waals surface area contributed by atoms with Gasteiger partial charge in [-0.15, -0.1) is 0 Å². The normalized spacial score (nSPS) is 19.9. The first-order valence-corrected chi connectivity index (χ1v) is 7.97. The van der Waals surface area contributed by atoms with Gasteiger partial charge in [0.2, 0.25) is 0 Å². The molecule has 0 spiro atoms. The first kappa shape index (κ1) is 16.0. The largest absolute Gasteiger partial charge is 0.497 e. The summed E-state index contributed by atoms with van der Waals surface area (Å²) in [5, 5.41) is 3.65. The van der Waals surface area contributed by atoms with Crippen molar-refractivity contribution >= 4 is 5.69 Å². The average Bonchev–Trinajstić information content (AvgIpc) is 2.73. The molecular weight excluding hydrogens is 264 g/mol. The number of nitrogens with one attached hydrogen (secondary N) is 1. The molecule has 1 aliphatic rings. The van der Waals surface area contributed by atoms with Crippen molar-refractivity contribution in [2.24, 2.45) is 0 Å². The Morgan fingerprint density at radius 2 is 2.05 bits per heavy atom. The minimum Gasteiger partial charge on any atom is -0.497 e. The molecule has 4 heteroatoms. The summed E-state index contributed by atoms with van der Waals surface area (Å²) in [5.41, 5.74) is 1.03. The minimum atomic E-state index is 0.507. The third-order valence-corrected chi connectivity index (χ3v) is 4.13. The van der Waals surface area contributed by atoms with E-state index < -0.39 is 0 Å². The number of benzene rings is 1. The third kappa shape index (κ3) is 4.53. The average molecular weight is 292 g/mol. The Kier molecular flexibility index (Phi) is 6.18. The highest BCUT2D eigenvalue weighted by Crippen LogP contribution is 2.30. The summed E-state index contributed by atoms with van der Waals surface area (Å²) in [7, 11) is 3.41. The summed E-state index contributed by atoms with van der Waals surface area (Å²) >= 11 is 0. The Morgan fingerprint density at radius 3 is 2.76 bits per heavy atom. The molecule has 0 bridgehead atoms. The van der Waals surface area contributed by atoms with Crippen molar-refractivity contribution in [1.29, 1.82) is 0 Å². The molecule has 2 rings (SSSR count). The van der Waals surface area contributed by atoms with Crippen LogP contribution >= 0.6 is 0 Å². The van der Waals surface area contributed by atoms with Gasteiger partial charge in [-0.2, -0.15) is 0 Å². The first-order valence-electron chi connectivity index (χ1n) is 7.97. The summed E-state index contributed by atoms with van der Waals surface area (Å²) in [6, 6.07) is 6.42. The summed E-state index contributed by atoms with van der Waals surface area (Å²) < 4.78 is 10.8. The Balaban J connectivity index is 2.00. The topological polar surface area (TPSA) is 33.7 Å². The van der Waals surface area contributed by atoms with Crippen LogP contribution in [-0.2, 0) is 0 Å². The summed E-state index contributed by atoms with van der Waals surface area (Å²) in [6.07, 6.45) is 4.88. The van der Waals surface area contributed by atoms with Gasteiger partial charge in [0.15, 0.2) is 0 Å². The molecule has 0 amide bonds. The van der Waals surface area contributed by atoms with E-state index >= 15 is 0 Å². The zero-order valence-electron chi connectivity index (χ0n) is 13.5. The van der Waals surface area contributed by atoms with Crippen molar-refractivity contribution in [3.63, 3.8) is 0 Å². The van der Waals surface area contributed by atoms with E-state index in [-0.39, 0.29) is 0 Å². The van der Waals surface area contributed by atoms with E-state index in [0.29, 0.717) is 6.04 Å². The Labute approximate surface area is 128 Å². The molecule has 1 N–H and O–H groups in total. The molecule has 1 aliphatic heterocycles. The van der Waals surface area contributed by atoms with E-state index in [1.807, 2.05) is 18.2 Å². The van der Waals surface area contributed by atoms with Crippen LogP contribution in [0.15, 0.2) is 18.2 Å². The van der Waals surface area contributed by atoms with E-state index in [1.54, 1.807) is 14.2 Å². The van der Waals surface area contributed by atoms with Crippen molar-refractivity contribution < 1.29 is 9.47 Å². The smallest absolute Gasteiger partial charge is 0.142 e. The lowest BCUT2D eigenvalue weighted by Gasteiger charge is -2.21. The number of likely N-dealkylation sites (tertiary alicyclic amines) is 1. The first-order chi connectivity index (χ1) is 10.3. The van der Waals surface area contributed by atoms with Gasteiger partial charge in [-0.25, -0.2) is 0 Å². The molecule has 0 aromatic heterocycles. The molecule has 0 aliphatic carbocycles. The van der Waals surface area contributed by atoms with E-state index in [1.165, 1.54) is 45.3 Å². The highest BCUT2D eigenvalue weighted by atomic mass is 16.5. The molecule has 1 saturated heterocycles. The molecule has 4 nitrogen and oxygen atoms in total. The van der Waals surface area contributed by atoms with Gasteiger partial charge >= 0.3 is 0 Å². The molecule has 1 atom stereocenters. The van der Waals surface area contributed by atoms with Crippen molar-refractivity contribution in [3.05, 3.63) is 18.2 Å². The summed E-state index contributed by atoms with van der Waals surface area (Å²) in [5.74, 6) is 1.74. The fraction of sp³-hybridized carbons (Fsp3) is 0.647. The van der Waals surface area contributed by atoms with E-state index in [0.717, 1.165) is 17.2 Å². The van der Waals surface area contributed by atoms with Crippen molar-refractivity contribution in [3.8, 4) is 11.5 Å². The second-order valence-electron chi connectivity index (χ2n) is 5.68. The van der Waals surface area contributed by atoms with Gasteiger partial charge in [0.25, 0.3) is 0 Å². The molecule has 1 heterocycles. The summed E-state index contributed by atoms with van der Waals surface area (Å²) in [4.78, 5) is 2.57. The van der Waals surface area contributed by atoms with Crippen LogP contribution < -0.4 is 14.8 Å². The molecule has 118 valence electrons. The quantitative estimate of drug-likeness (QED) is 0.871. The molecule has 21 heavy (non-hydrogen) atoms. The molecular formula is C17H28N2O2. The monoisotopic (exact) mass is 292 g/mol. The number of hydrogen-bond acceptors (Lipinski definition) is 4. The van der Waals surface area contributed by atoms with E-state index in [2.05, 4.69) is 17.1 Å². The number of rotatable bonds is 6. The molecule has 1 aromatic rings. The zero-order chi connectivity index (χ0) is 15.1. The maximum atomic E-state index is 5.45. The molecule has 1 aromatic carbocycles. The molecule has 1 fully saturated rings. The number of nitrogens with zero attached hydrogens (tertiary/aromatic N) is 1. The van der Waals surface area contributed by atoms with E-state index in [4.69, 9.17) is 9.47 Å². The second-order valence-corrected chi connectivity index (χ2v) is 5.68. The fourth-order valence-corrected chi connectivity index (χ4v) is 2.99. The molecule has 1 unspecified atom stereocenters. The number of ether oxygens (including phenoxy) is 2. The van der Waals surface area contributed by atoms with Crippen LogP contribution in [0.2, 0.25) is 0 Å². The van der Waals surface area contributed by atoms with Gasteiger partial charge < -0.3 is 19.7 Å². The number of methoxy groups -OCH3 is 2. The lowest BCUT2D eigenvalue weighted by Crippen LogP contribution is -2.27. The van der Waals surface area contributed by atoms with Gasteiger partial charge in [0, 0.05) is 18.7 Å². The van der Waals surface area contributed by atoms with Gasteiger partial charge in [-0.3, -0.25) is 0 Å². The lowest BCUT2D eigenvalue weighted by molar-refractivity contribution is 0.285. The molecule has 0 radical (unpaired) electrons. The van der Waals surface area contributed by atoms with Gasteiger partial charge in [0.1, 0.15) is 11.5 Å². The van der Waals surface area contributed by atoms with Crippen LogP contribution in [-0.4, -0.2) is 44.8 Å². The fourth-order valence-electron chi connectivity index (χ4n) is 2.99.